The van der Waals surface area contributed by atoms with Crippen molar-refractivity contribution >= 4 is 19.9 Å². The molecule has 2 aliphatic heterocycles. The van der Waals surface area contributed by atoms with Gasteiger partial charge < -0.3 is 10.0 Å². The van der Waals surface area contributed by atoms with Crippen LogP contribution in [-0.2, 0) is 19.9 Å². The average Bonchev–Trinajstić information content (AvgIpc) is 2.61. The van der Waals surface area contributed by atoms with Crippen molar-refractivity contribution < 1.29 is 21.9 Å². The van der Waals surface area contributed by atoms with E-state index in [2.05, 4.69) is 4.90 Å². The van der Waals surface area contributed by atoms with Crippen LogP contribution in [0.3, 0.4) is 0 Å². The summed E-state index contributed by atoms with van der Waals surface area (Å²) in [7, 11) is -5.09. The van der Waals surface area contributed by atoms with E-state index in [9.17, 15) is 21.9 Å². The number of piperidine rings is 2. The minimum absolute atomic E-state index is 0.0138. The molecule has 0 aromatic heterocycles. The predicted molar refractivity (Wildman–Crippen MR) is 98.1 cm³/mol. The van der Waals surface area contributed by atoms with Crippen LogP contribution in [-0.4, -0.2) is 76.7 Å². The third kappa shape index (κ3) is 3.43. The lowest BCUT2D eigenvalue weighted by Gasteiger charge is -2.53. The summed E-state index contributed by atoms with van der Waals surface area (Å²) in [5.74, 6) is 0. The molecule has 0 saturated carbocycles. The normalized spacial score (nSPS) is 28.7. The molecule has 1 aromatic carbocycles. The topological polar surface area (TPSA) is 95.0 Å². The van der Waals surface area contributed by atoms with Crippen LogP contribution in [0.1, 0.15) is 19.3 Å². The van der Waals surface area contributed by atoms with E-state index in [1.807, 2.05) is 7.05 Å². The zero-order valence-electron chi connectivity index (χ0n) is 15.1. The van der Waals surface area contributed by atoms with Crippen molar-refractivity contribution in [3.8, 4) is 0 Å². The molecule has 0 radical (unpaired) electrons. The van der Waals surface area contributed by atoms with Gasteiger partial charge in [-0.25, -0.2) is 16.8 Å². The molecule has 7 nitrogen and oxygen atoms in total. The molecule has 146 valence electrons. The first-order valence-corrected chi connectivity index (χ1v) is 12.0. The molecule has 2 atom stereocenters. The maximum absolute atomic E-state index is 13.0. The molecule has 1 N–H and O–H groups in total. The molecule has 3 rings (SSSR count). The lowest BCUT2D eigenvalue weighted by Crippen LogP contribution is -2.62. The van der Waals surface area contributed by atoms with Crippen LogP contribution in [0.5, 0.6) is 0 Å². The highest BCUT2D eigenvalue weighted by atomic mass is 32.2. The number of sulfonamides is 1. The minimum atomic E-state index is -3.70. The van der Waals surface area contributed by atoms with Gasteiger partial charge in [-0.05, 0) is 57.1 Å². The largest absolute Gasteiger partial charge is 0.396 e. The molecule has 0 aliphatic carbocycles. The zero-order valence-corrected chi connectivity index (χ0v) is 16.8. The molecule has 26 heavy (non-hydrogen) atoms. The lowest BCUT2D eigenvalue weighted by molar-refractivity contribution is -0.0508. The maximum Gasteiger partial charge on any atom is 0.243 e. The first kappa shape index (κ1) is 19.8. The first-order valence-electron chi connectivity index (χ1n) is 8.72. The third-order valence-electron chi connectivity index (χ3n) is 5.86. The molecule has 9 heteroatoms. The molecule has 1 aromatic rings. The number of aliphatic hydroxyl groups is 1. The second-order valence-electron chi connectivity index (χ2n) is 7.48. The summed E-state index contributed by atoms with van der Waals surface area (Å²) in [4.78, 5) is 2.34. The monoisotopic (exact) mass is 402 g/mol. The summed E-state index contributed by atoms with van der Waals surface area (Å²) >= 11 is 0. The first-order chi connectivity index (χ1) is 12.1. The smallest absolute Gasteiger partial charge is 0.243 e. The fourth-order valence-corrected chi connectivity index (χ4v) is 6.29. The Balaban J connectivity index is 1.87. The van der Waals surface area contributed by atoms with E-state index < -0.39 is 19.9 Å². The van der Waals surface area contributed by atoms with Gasteiger partial charge in [0, 0.05) is 30.8 Å². The van der Waals surface area contributed by atoms with Crippen molar-refractivity contribution in [1.82, 2.24) is 9.21 Å². The van der Waals surface area contributed by atoms with E-state index in [0.29, 0.717) is 19.5 Å². The van der Waals surface area contributed by atoms with Gasteiger partial charge in [0.25, 0.3) is 0 Å². The number of aliphatic hydroxyl groups excluding tert-OH is 1. The van der Waals surface area contributed by atoms with E-state index in [4.69, 9.17) is 0 Å². The van der Waals surface area contributed by atoms with Gasteiger partial charge in [0.05, 0.1) is 16.4 Å². The Morgan fingerprint density at radius 1 is 1.08 bits per heavy atom. The van der Waals surface area contributed by atoms with Gasteiger partial charge in [-0.1, -0.05) is 0 Å². The van der Waals surface area contributed by atoms with Crippen LogP contribution in [0, 0.1) is 5.41 Å². The highest BCUT2D eigenvalue weighted by Gasteiger charge is 2.48. The van der Waals surface area contributed by atoms with Gasteiger partial charge in [0.1, 0.15) is 0 Å². The van der Waals surface area contributed by atoms with E-state index in [1.54, 1.807) is 0 Å². The minimum Gasteiger partial charge on any atom is -0.396 e. The van der Waals surface area contributed by atoms with Crippen molar-refractivity contribution in [3.05, 3.63) is 24.3 Å². The second-order valence-corrected chi connectivity index (χ2v) is 11.4. The molecule has 2 fully saturated rings. The Morgan fingerprint density at radius 3 is 2.27 bits per heavy atom. The van der Waals surface area contributed by atoms with Gasteiger partial charge in [-0.2, -0.15) is 4.31 Å². The second kappa shape index (κ2) is 6.87. The molecule has 2 aliphatic rings. The van der Waals surface area contributed by atoms with E-state index in [0.717, 1.165) is 25.6 Å². The van der Waals surface area contributed by atoms with Crippen molar-refractivity contribution in [2.24, 2.45) is 5.41 Å². The molecule has 2 heterocycles. The summed E-state index contributed by atoms with van der Waals surface area (Å²) < 4.78 is 50.6. The Bertz CT molecular complexity index is 867. The average molecular weight is 403 g/mol. The molecule has 0 unspecified atom stereocenters. The number of sulfone groups is 1. The van der Waals surface area contributed by atoms with Crippen molar-refractivity contribution in [3.63, 3.8) is 0 Å². The number of rotatable bonds is 4. The summed E-state index contributed by atoms with van der Waals surface area (Å²) in [5.41, 5.74) is -0.237. The van der Waals surface area contributed by atoms with Crippen LogP contribution < -0.4 is 0 Å². The SMILES string of the molecule is CN1CCC[C@]2(CO)CCN(S(=O)(=O)c3ccc(S(C)(=O)=O)cc3)C[C@@H]12. The number of hydrogen-bond donors (Lipinski definition) is 1. The summed E-state index contributed by atoms with van der Waals surface area (Å²) in [6.45, 7) is 1.66. The van der Waals surface area contributed by atoms with Crippen LogP contribution in [0.4, 0.5) is 0 Å². The van der Waals surface area contributed by atoms with Crippen molar-refractivity contribution in [2.75, 3.05) is 39.5 Å². The highest BCUT2D eigenvalue weighted by Crippen LogP contribution is 2.42. The number of nitrogens with zero attached hydrogens (tertiary/aromatic N) is 2. The molecular formula is C17H26N2O5S2. The zero-order chi connectivity index (χ0) is 19.2. The summed E-state index contributed by atoms with van der Waals surface area (Å²) in [6.07, 6.45) is 3.64. The Hall–Kier alpha value is -1.00. The number of likely N-dealkylation sites (tertiary alicyclic amines) is 1. The Labute approximate surface area is 155 Å². The van der Waals surface area contributed by atoms with E-state index in [1.165, 1.54) is 28.6 Å². The molecule has 0 bridgehead atoms. The van der Waals surface area contributed by atoms with Gasteiger partial charge in [-0.15, -0.1) is 0 Å². The highest BCUT2D eigenvalue weighted by molar-refractivity contribution is 7.90. The quantitative estimate of drug-likeness (QED) is 0.791. The number of fused-ring (bicyclic) bond motifs is 1. The summed E-state index contributed by atoms with van der Waals surface area (Å²) in [5, 5.41) is 9.96. The van der Waals surface area contributed by atoms with E-state index >= 15 is 0 Å². The van der Waals surface area contributed by atoms with Gasteiger partial charge in [-0.3, -0.25) is 0 Å². The van der Waals surface area contributed by atoms with Gasteiger partial charge in [0.2, 0.25) is 10.0 Å². The lowest BCUT2D eigenvalue weighted by atomic mass is 9.69. The fourth-order valence-electron chi connectivity index (χ4n) is 4.22. The van der Waals surface area contributed by atoms with Crippen molar-refractivity contribution in [2.45, 2.75) is 35.1 Å². The number of benzene rings is 1. The van der Waals surface area contributed by atoms with Crippen molar-refractivity contribution in [1.29, 1.82) is 0 Å². The Morgan fingerprint density at radius 2 is 1.69 bits per heavy atom. The number of hydrogen-bond acceptors (Lipinski definition) is 6. The Kier molecular flexibility index (Phi) is 5.22. The number of likely N-dealkylation sites (N-methyl/N-ethyl adjacent to an activating group) is 1. The molecular weight excluding hydrogens is 376 g/mol. The van der Waals surface area contributed by atoms with Gasteiger partial charge >= 0.3 is 0 Å². The third-order valence-corrected chi connectivity index (χ3v) is 8.87. The fraction of sp³-hybridized carbons (Fsp3) is 0.647. The summed E-state index contributed by atoms with van der Waals surface area (Å²) in [6, 6.07) is 5.35. The van der Waals surface area contributed by atoms with Crippen LogP contribution in [0.15, 0.2) is 34.1 Å². The van der Waals surface area contributed by atoms with Crippen LogP contribution in [0.2, 0.25) is 0 Å². The molecule has 0 spiro atoms. The molecule has 0 amide bonds. The standard InChI is InChI=1S/C17H26N2O5S2/c1-18-10-3-8-17(13-20)9-11-19(12-16(17)18)26(23,24)15-6-4-14(5-7-15)25(2,21)22/h4-7,16,20H,3,8-13H2,1-2H3/t16-,17-/m1/s1. The van der Waals surface area contributed by atoms with Gasteiger partial charge in [0.15, 0.2) is 9.84 Å². The van der Waals surface area contributed by atoms with E-state index in [-0.39, 0.29) is 27.9 Å². The molecule has 2 saturated heterocycles. The van der Waals surface area contributed by atoms with Crippen LogP contribution >= 0.6 is 0 Å². The van der Waals surface area contributed by atoms with Crippen LogP contribution in [0.25, 0.3) is 0 Å². The maximum atomic E-state index is 13.0. The predicted octanol–water partition coefficient (Wildman–Crippen LogP) is 0.557.